The maximum Gasteiger partial charge on any atom is 0.151 e. The van der Waals surface area contributed by atoms with Gasteiger partial charge in [0.1, 0.15) is 17.0 Å². The van der Waals surface area contributed by atoms with Gasteiger partial charge in [0.2, 0.25) is 0 Å². The number of nitrogens with one attached hydrogen (secondary N) is 1. The largest absolute Gasteiger partial charge is 0.375 e. The van der Waals surface area contributed by atoms with Gasteiger partial charge in [-0.15, -0.1) is 0 Å². The zero-order valence-electron chi connectivity index (χ0n) is 17.5. The Labute approximate surface area is 188 Å². The fraction of sp³-hybridized carbons (Fsp3) is 0.167. The van der Waals surface area contributed by atoms with Crippen molar-refractivity contribution >= 4 is 28.3 Å². The summed E-state index contributed by atoms with van der Waals surface area (Å²) in [4.78, 5) is 13.1. The number of aromatic nitrogens is 3. The summed E-state index contributed by atoms with van der Waals surface area (Å²) in [5, 5.41) is 12.6. The summed E-state index contributed by atoms with van der Waals surface area (Å²) in [6, 6.07) is 10.4. The van der Waals surface area contributed by atoms with Crippen LogP contribution in [0.2, 0.25) is 5.02 Å². The molecule has 0 saturated heterocycles. The molecule has 0 aliphatic heterocycles. The van der Waals surface area contributed by atoms with E-state index in [-0.39, 0.29) is 5.69 Å². The van der Waals surface area contributed by atoms with Crippen LogP contribution >= 0.6 is 11.6 Å². The number of anilines is 1. The van der Waals surface area contributed by atoms with Crippen molar-refractivity contribution in [2.45, 2.75) is 26.8 Å². The van der Waals surface area contributed by atoms with Gasteiger partial charge in [-0.3, -0.25) is 4.98 Å². The van der Waals surface area contributed by atoms with Crippen molar-refractivity contribution in [1.29, 1.82) is 5.26 Å². The number of hydrogen-bond donors (Lipinski definition) is 1. The van der Waals surface area contributed by atoms with Crippen molar-refractivity contribution in [1.82, 2.24) is 15.0 Å². The molecule has 0 saturated carbocycles. The molecule has 0 fully saturated rings. The first-order valence-electron chi connectivity index (χ1n) is 9.84. The SMILES string of the molecule is Cc1ccc(-c2nc3c(N[C@H](C)c4cc(C#N)ccc4F)c(Cl)c(C)nc3cc2F)cn1. The van der Waals surface area contributed by atoms with Crippen molar-refractivity contribution in [3.05, 3.63) is 81.8 Å². The van der Waals surface area contributed by atoms with Gasteiger partial charge in [0.15, 0.2) is 5.82 Å². The average molecular weight is 450 g/mol. The number of nitriles is 1. The lowest BCUT2D eigenvalue weighted by molar-refractivity contribution is 0.600. The van der Waals surface area contributed by atoms with E-state index in [9.17, 15) is 8.78 Å². The molecule has 4 aromatic rings. The highest BCUT2D eigenvalue weighted by atomic mass is 35.5. The van der Waals surface area contributed by atoms with Crippen LogP contribution in [0, 0.1) is 36.8 Å². The van der Waals surface area contributed by atoms with Gasteiger partial charge in [-0.2, -0.15) is 5.26 Å². The molecule has 0 aliphatic carbocycles. The second-order valence-electron chi connectivity index (χ2n) is 7.48. The van der Waals surface area contributed by atoms with E-state index >= 15 is 0 Å². The molecule has 5 nitrogen and oxygen atoms in total. The van der Waals surface area contributed by atoms with Crippen LogP contribution in [-0.2, 0) is 0 Å². The minimum Gasteiger partial charge on any atom is -0.375 e. The Hall–Kier alpha value is -3.63. The summed E-state index contributed by atoms with van der Waals surface area (Å²) < 4.78 is 29.3. The Morgan fingerprint density at radius 3 is 2.53 bits per heavy atom. The van der Waals surface area contributed by atoms with Gasteiger partial charge in [0, 0.05) is 29.1 Å². The highest BCUT2D eigenvalue weighted by Crippen LogP contribution is 2.36. The molecule has 0 spiro atoms. The molecule has 0 unspecified atom stereocenters. The average Bonchev–Trinajstić information content (AvgIpc) is 2.77. The molecule has 1 N–H and O–H groups in total. The van der Waals surface area contributed by atoms with Crippen LogP contribution in [0.1, 0.15) is 35.5 Å². The van der Waals surface area contributed by atoms with E-state index in [4.69, 9.17) is 16.9 Å². The number of hydrogen-bond acceptors (Lipinski definition) is 5. The molecule has 0 aliphatic rings. The molecule has 4 rings (SSSR count). The van der Waals surface area contributed by atoms with Crippen LogP contribution in [0.5, 0.6) is 0 Å². The Balaban J connectivity index is 1.86. The third kappa shape index (κ3) is 3.97. The standard InChI is InChI=1S/C24H18ClF2N5/c1-12-4-6-16(11-29-12)22-19(27)9-20-23(32-22)24(21(25)14(3)30-20)31-13(2)17-8-15(10-28)5-7-18(17)26/h4-9,11,13H,1-3H3,(H,30,31)/t13-/m1/s1. The zero-order valence-corrected chi connectivity index (χ0v) is 18.3. The first-order chi connectivity index (χ1) is 15.3. The third-order valence-corrected chi connectivity index (χ3v) is 5.62. The van der Waals surface area contributed by atoms with E-state index in [0.717, 1.165) is 5.69 Å². The number of fused-ring (bicyclic) bond motifs is 1. The Kier molecular flexibility index (Phi) is 5.72. The Morgan fingerprint density at radius 2 is 1.84 bits per heavy atom. The van der Waals surface area contributed by atoms with Gasteiger partial charge in [0.25, 0.3) is 0 Å². The molecular weight excluding hydrogens is 432 g/mol. The van der Waals surface area contributed by atoms with E-state index in [1.165, 1.54) is 24.3 Å². The van der Waals surface area contributed by atoms with Crippen molar-refractivity contribution in [3.63, 3.8) is 0 Å². The van der Waals surface area contributed by atoms with Gasteiger partial charge in [-0.05, 0) is 51.1 Å². The molecule has 3 aromatic heterocycles. The molecule has 8 heteroatoms. The number of rotatable bonds is 4. The highest BCUT2D eigenvalue weighted by Gasteiger charge is 2.20. The molecule has 3 heterocycles. The van der Waals surface area contributed by atoms with Gasteiger partial charge < -0.3 is 5.32 Å². The minimum absolute atomic E-state index is 0.111. The fourth-order valence-corrected chi connectivity index (χ4v) is 3.63. The van der Waals surface area contributed by atoms with E-state index < -0.39 is 17.7 Å². The summed E-state index contributed by atoms with van der Waals surface area (Å²) in [6.07, 6.45) is 1.55. The van der Waals surface area contributed by atoms with E-state index in [2.05, 4.69) is 20.3 Å². The predicted octanol–water partition coefficient (Wildman–Crippen LogP) is 6.29. The second-order valence-corrected chi connectivity index (χ2v) is 7.85. The van der Waals surface area contributed by atoms with Gasteiger partial charge in [-0.1, -0.05) is 11.6 Å². The number of aryl methyl sites for hydroxylation is 2. The maximum atomic E-state index is 14.9. The summed E-state index contributed by atoms with van der Waals surface area (Å²) in [6.45, 7) is 5.28. The molecule has 1 atom stereocenters. The molecule has 0 bridgehead atoms. The van der Waals surface area contributed by atoms with Crippen molar-refractivity contribution < 1.29 is 8.78 Å². The normalized spacial score (nSPS) is 11.9. The maximum absolute atomic E-state index is 14.9. The summed E-state index contributed by atoms with van der Waals surface area (Å²) in [7, 11) is 0. The number of nitrogens with zero attached hydrogens (tertiary/aromatic N) is 4. The highest BCUT2D eigenvalue weighted by molar-refractivity contribution is 6.35. The molecule has 0 radical (unpaired) electrons. The third-order valence-electron chi connectivity index (χ3n) is 5.16. The van der Waals surface area contributed by atoms with E-state index in [1.54, 1.807) is 32.2 Å². The lowest BCUT2D eigenvalue weighted by Gasteiger charge is -2.20. The lowest BCUT2D eigenvalue weighted by Crippen LogP contribution is -2.11. The minimum atomic E-state index is -0.554. The Bertz CT molecular complexity index is 1380. The second kappa shape index (κ2) is 8.48. The Morgan fingerprint density at radius 1 is 1.06 bits per heavy atom. The van der Waals surface area contributed by atoms with Crippen LogP contribution in [0.25, 0.3) is 22.3 Å². The van der Waals surface area contributed by atoms with Crippen LogP contribution in [-0.4, -0.2) is 15.0 Å². The van der Waals surface area contributed by atoms with E-state index in [1.807, 2.05) is 13.0 Å². The van der Waals surface area contributed by atoms with Gasteiger partial charge in [-0.25, -0.2) is 18.7 Å². The molecular formula is C24H18ClF2N5. The summed E-state index contributed by atoms with van der Waals surface area (Å²) in [5.41, 5.74) is 3.61. The van der Waals surface area contributed by atoms with Crippen LogP contribution < -0.4 is 5.32 Å². The number of halogens is 3. The zero-order chi connectivity index (χ0) is 23.0. The summed E-state index contributed by atoms with van der Waals surface area (Å²) in [5.74, 6) is -0.996. The van der Waals surface area contributed by atoms with Crippen LogP contribution in [0.15, 0.2) is 42.6 Å². The van der Waals surface area contributed by atoms with Crippen molar-refractivity contribution in [2.24, 2.45) is 0 Å². The monoisotopic (exact) mass is 449 g/mol. The molecule has 0 amide bonds. The lowest BCUT2D eigenvalue weighted by atomic mass is 10.0. The quantitative estimate of drug-likeness (QED) is 0.396. The predicted molar refractivity (Wildman–Crippen MR) is 120 cm³/mol. The molecule has 160 valence electrons. The van der Waals surface area contributed by atoms with Crippen LogP contribution in [0.4, 0.5) is 14.5 Å². The first kappa shape index (κ1) is 21.6. The smallest absolute Gasteiger partial charge is 0.151 e. The number of pyridine rings is 3. The van der Waals surface area contributed by atoms with E-state index in [0.29, 0.717) is 44.1 Å². The number of benzene rings is 1. The topological polar surface area (TPSA) is 74.5 Å². The van der Waals surface area contributed by atoms with Gasteiger partial charge in [0.05, 0.1) is 39.6 Å². The van der Waals surface area contributed by atoms with Crippen molar-refractivity contribution in [2.75, 3.05) is 5.32 Å². The fourth-order valence-electron chi connectivity index (χ4n) is 3.44. The van der Waals surface area contributed by atoms with Crippen molar-refractivity contribution in [3.8, 4) is 17.3 Å². The van der Waals surface area contributed by atoms with Crippen LogP contribution in [0.3, 0.4) is 0 Å². The molecule has 1 aromatic carbocycles. The molecule has 32 heavy (non-hydrogen) atoms. The van der Waals surface area contributed by atoms with Gasteiger partial charge >= 0.3 is 0 Å². The first-order valence-corrected chi connectivity index (χ1v) is 10.2. The summed E-state index contributed by atoms with van der Waals surface area (Å²) >= 11 is 6.54.